The fourth-order valence-corrected chi connectivity index (χ4v) is 3.20. The summed E-state index contributed by atoms with van der Waals surface area (Å²) < 4.78 is 5.04. The van der Waals surface area contributed by atoms with Gasteiger partial charge in [-0.25, -0.2) is 0 Å². The van der Waals surface area contributed by atoms with E-state index in [9.17, 15) is 24.8 Å². The van der Waals surface area contributed by atoms with E-state index in [0.29, 0.717) is 5.56 Å². The van der Waals surface area contributed by atoms with E-state index in [1.54, 1.807) is 30.3 Å². The van der Waals surface area contributed by atoms with Crippen LogP contribution in [0.1, 0.15) is 17.2 Å². The van der Waals surface area contributed by atoms with Gasteiger partial charge in [-0.15, -0.1) is 0 Å². The molecular formula is C20H18N2O6. The lowest BCUT2D eigenvalue weighted by Gasteiger charge is -2.25. The van der Waals surface area contributed by atoms with E-state index in [-0.39, 0.29) is 30.0 Å². The zero-order valence-corrected chi connectivity index (χ0v) is 15.1. The highest BCUT2D eigenvalue weighted by Gasteiger charge is 2.45. The third-order valence-electron chi connectivity index (χ3n) is 4.52. The second-order valence-corrected chi connectivity index (χ2v) is 6.20. The largest absolute Gasteiger partial charge is 0.507 e. The quantitative estimate of drug-likeness (QED) is 0.270. The van der Waals surface area contributed by atoms with Gasteiger partial charge in [0.25, 0.3) is 17.4 Å². The summed E-state index contributed by atoms with van der Waals surface area (Å²) in [6.07, 6.45) is 0. The minimum Gasteiger partial charge on any atom is -0.507 e. The van der Waals surface area contributed by atoms with Crippen LogP contribution in [0.3, 0.4) is 0 Å². The summed E-state index contributed by atoms with van der Waals surface area (Å²) in [6, 6.07) is 13.3. The number of nitrogens with zero attached hydrogens (tertiary/aromatic N) is 2. The predicted octanol–water partition coefficient (Wildman–Crippen LogP) is 2.66. The molecule has 1 atom stereocenters. The summed E-state index contributed by atoms with van der Waals surface area (Å²) in [7, 11) is 1.48. The number of benzene rings is 2. The van der Waals surface area contributed by atoms with Crippen LogP contribution in [0.25, 0.3) is 5.76 Å². The molecular weight excluding hydrogens is 364 g/mol. The van der Waals surface area contributed by atoms with Gasteiger partial charge in [-0.05, 0) is 5.56 Å². The number of aliphatic hydroxyl groups excluding tert-OH is 1. The number of ether oxygens (including phenoxy) is 1. The molecule has 0 bridgehead atoms. The molecule has 1 saturated heterocycles. The van der Waals surface area contributed by atoms with Gasteiger partial charge in [-0.1, -0.05) is 42.5 Å². The Balaban J connectivity index is 2.16. The normalized spacial score (nSPS) is 18.5. The second kappa shape index (κ2) is 8.01. The van der Waals surface area contributed by atoms with Gasteiger partial charge < -0.3 is 14.7 Å². The number of ketones is 1. The standard InChI is InChI=1S/C20H18N2O6/c1-28-11-10-21-17(13-6-3-2-4-7-13)16(19(24)20(21)25)18(23)14-8-5-9-15(12-14)22(26)27/h2-9,12,17,23H,10-11H2,1H3/b18-16-. The maximum absolute atomic E-state index is 12.7. The number of likely N-dealkylation sites (tertiary alicyclic amines) is 1. The molecule has 0 radical (unpaired) electrons. The molecule has 0 spiro atoms. The Bertz CT molecular complexity index is 954. The molecule has 3 rings (SSSR count). The molecule has 1 fully saturated rings. The van der Waals surface area contributed by atoms with Crippen LogP contribution < -0.4 is 0 Å². The van der Waals surface area contributed by atoms with Crippen molar-refractivity contribution in [2.75, 3.05) is 20.3 Å². The Morgan fingerprint density at radius 2 is 1.89 bits per heavy atom. The number of hydrogen-bond donors (Lipinski definition) is 1. The number of rotatable bonds is 6. The van der Waals surface area contributed by atoms with E-state index in [0.717, 1.165) is 0 Å². The Hall–Kier alpha value is -3.52. The number of non-ortho nitro benzene ring substituents is 1. The Labute approximate surface area is 160 Å². The molecule has 1 aliphatic heterocycles. The van der Waals surface area contributed by atoms with Crippen molar-refractivity contribution in [2.45, 2.75) is 6.04 Å². The van der Waals surface area contributed by atoms with Crippen LogP contribution in [0.4, 0.5) is 5.69 Å². The number of nitro benzene ring substituents is 1. The highest BCUT2D eigenvalue weighted by Crippen LogP contribution is 2.39. The van der Waals surface area contributed by atoms with Gasteiger partial charge >= 0.3 is 0 Å². The molecule has 0 aliphatic carbocycles. The summed E-state index contributed by atoms with van der Waals surface area (Å²) in [5, 5.41) is 21.8. The lowest BCUT2D eigenvalue weighted by atomic mass is 9.95. The number of methoxy groups -OCH3 is 1. The SMILES string of the molecule is COCCN1C(=O)C(=O)/C(=C(\O)c2cccc([N+](=O)[O-])c2)C1c1ccccc1. The summed E-state index contributed by atoms with van der Waals surface area (Å²) in [5.74, 6) is -2.04. The number of amides is 1. The van der Waals surface area contributed by atoms with Gasteiger partial charge in [0.05, 0.1) is 23.1 Å². The van der Waals surface area contributed by atoms with E-state index < -0.39 is 28.4 Å². The number of aliphatic hydroxyl groups is 1. The summed E-state index contributed by atoms with van der Waals surface area (Å²) in [6.45, 7) is 0.375. The van der Waals surface area contributed by atoms with Crippen LogP contribution in [0, 0.1) is 10.1 Å². The first-order chi connectivity index (χ1) is 13.5. The molecule has 1 aliphatic rings. The number of carbonyl (C=O) groups excluding carboxylic acids is 2. The molecule has 1 unspecified atom stereocenters. The smallest absolute Gasteiger partial charge is 0.295 e. The predicted molar refractivity (Wildman–Crippen MR) is 100 cm³/mol. The first-order valence-electron chi connectivity index (χ1n) is 8.52. The van der Waals surface area contributed by atoms with E-state index in [4.69, 9.17) is 4.74 Å². The average Bonchev–Trinajstić information content (AvgIpc) is 2.97. The molecule has 1 heterocycles. The van der Waals surface area contributed by atoms with Crippen molar-refractivity contribution in [2.24, 2.45) is 0 Å². The monoisotopic (exact) mass is 382 g/mol. The minimum absolute atomic E-state index is 0.0971. The van der Waals surface area contributed by atoms with Crippen molar-refractivity contribution in [3.05, 3.63) is 81.4 Å². The zero-order chi connectivity index (χ0) is 20.3. The van der Waals surface area contributed by atoms with Crippen LogP contribution in [-0.4, -0.2) is 46.9 Å². The van der Waals surface area contributed by atoms with Gasteiger partial charge in [0.2, 0.25) is 0 Å². The van der Waals surface area contributed by atoms with Gasteiger partial charge in [-0.2, -0.15) is 0 Å². The first kappa shape index (κ1) is 19.2. The molecule has 0 aromatic heterocycles. The third-order valence-corrected chi connectivity index (χ3v) is 4.52. The van der Waals surface area contributed by atoms with Crippen LogP contribution in [-0.2, 0) is 14.3 Å². The zero-order valence-electron chi connectivity index (χ0n) is 15.1. The van der Waals surface area contributed by atoms with E-state index in [1.165, 1.54) is 36.3 Å². The van der Waals surface area contributed by atoms with Gasteiger partial charge in [0.15, 0.2) is 0 Å². The second-order valence-electron chi connectivity index (χ2n) is 6.20. The summed E-state index contributed by atoms with van der Waals surface area (Å²) in [4.78, 5) is 37.1. The number of carbonyl (C=O) groups is 2. The molecule has 8 nitrogen and oxygen atoms in total. The maximum Gasteiger partial charge on any atom is 0.295 e. The molecule has 8 heteroatoms. The number of nitro groups is 1. The first-order valence-corrected chi connectivity index (χ1v) is 8.52. The van der Waals surface area contributed by atoms with E-state index in [2.05, 4.69) is 0 Å². The van der Waals surface area contributed by atoms with Crippen LogP contribution >= 0.6 is 0 Å². The fourth-order valence-electron chi connectivity index (χ4n) is 3.20. The Kier molecular flexibility index (Phi) is 5.51. The van der Waals surface area contributed by atoms with Crippen LogP contribution in [0.15, 0.2) is 60.2 Å². The van der Waals surface area contributed by atoms with E-state index in [1.807, 2.05) is 0 Å². The Morgan fingerprint density at radius 1 is 1.18 bits per heavy atom. The van der Waals surface area contributed by atoms with Crippen molar-refractivity contribution in [1.82, 2.24) is 4.90 Å². The van der Waals surface area contributed by atoms with Gasteiger partial charge in [0, 0.05) is 31.4 Å². The fraction of sp³-hybridized carbons (Fsp3) is 0.200. The van der Waals surface area contributed by atoms with E-state index >= 15 is 0 Å². The number of Topliss-reactive ketones (excluding diaryl/α,β-unsaturated/α-hetero) is 1. The van der Waals surface area contributed by atoms with Gasteiger partial charge in [0.1, 0.15) is 5.76 Å². The lowest BCUT2D eigenvalue weighted by Crippen LogP contribution is -2.32. The Morgan fingerprint density at radius 3 is 2.54 bits per heavy atom. The topological polar surface area (TPSA) is 110 Å². The molecule has 2 aromatic rings. The molecule has 28 heavy (non-hydrogen) atoms. The van der Waals surface area contributed by atoms with Crippen molar-refractivity contribution in [1.29, 1.82) is 0 Å². The summed E-state index contributed by atoms with van der Waals surface area (Å²) >= 11 is 0. The van der Waals surface area contributed by atoms with Crippen LogP contribution in [0.5, 0.6) is 0 Å². The lowest BCUT2D eigenvalue weighted by molar-refractivity contribution is -0.384. The van der Waals surface area contributed by atoms with Crippen molar-refractivity contribution >= 4 is 23.1 Å². The summed E-state index contributed by atoms with van der Waals surface area (Å²) in [5.41, 5.74) is 0.409. The highest BCUT2D eigenvalue weighted by atomic mass is 16.6. The highest BCUT2D eigenvalue weighted by molar-refractivity contribution is 6.46. The molecule has 1 N–H and O–H groups in total. The van der Waals surface area contributed by atoms with Gasteiger partial charge in [-0.3, -0.25) is 19.7 Å². The van der Waals surface area contributed by atoms with Crippen molar-refractivity contribution in [3.8, 4) is 0 Å². The van der Waals surface area contributed by atoms with Crippen molar-refractivity contribution < 1.29 is 24.4 Å². The van der Waals surface area contributed by atoms with Crippen LogP contribution in [0.2, 0.25) is 0 Å². The molecule has 144 valence electrons. The third kappa shape index (κ3) is 3.49. The molecule has 0 saturated carbocycles. The molecule has 1 amide bonds. The van der Waals surface area contributed by atoms with Crippen molar-refractivity contribution in [3.63, 3.8) is 0 Å². The average molecular weight is 382 g/mol. The minimum atomic E-state index is -0.839. The number of hydrogen-bond acceptors (Lipinski definition) is 6. The maximum atomic E-state index is 12.7. The molecule has 2 aromatic carbocycles.